The minimum Gasteiger partial charge on any atom is -1.00 e. The molecule has 0 unspecified atom stereocenters. The second-order valence-corrected chi connectivity index (χ2v) is 1.59. The Labute approximate surface area is 81.1 Å². The number of halogens is 1. The summed E-state index contributed by atoms with van der Waals surface area (Å²) in [7, 11) is 0. The zero-order valence-electron chi connectivity index (χ0n) is 5.61. The Morgan fingerprint density at radius 3 is 1.91 bits per heavy atom. The molecule has 0 saturated carbocycles. The fourth-order valence-corrected chi connectivity index (χ4v) is 0.550. The van der Waals surface area contributed by atoms with Gasteiger partial charge in [0.15, 0.2) is 0 Å². The standard InChI is InChI=1S/C6H5NO2.Al.ClH/c8-7(9)6-4-2-1-3-5-6;;/h1-5H;;1H/q;+3;/p-1. The van der Waals surface area contributed by atoms with Gasteiger partial charge in [0.25, 0.3) is 5.69 Å². The quantitative estimate of drug-likeness (QED) is 0.295. The number of hydrogen-bond acceptors (Lipinski definition) is 2. The van der Waals surface area contributed by atoms with Crippen molar-refractivity contribution < 1.29 is 17.3 Å². The van der Waals surface area contributed by atoms with Gasteiger partial charge < -0.3 is 12.4 Å². The Morgan fingerprint density at radius 1 is 1.18 bits per heavy atom. The number of para-hydroxylation sites is 1. The summed E-state index contributed by atoms with van der Waals surface area (Å²) in [6.07, 6.45) is 0. The summed E-state index contributed by atoms with van der Waals surface area (Å²) >= 11 is 0. The van der Waals surface area contributed by atoms with Crippen LogP contribution < -0.4 is 12.4 Å². The van der Waals surface area contributed by atoms with Crippen LogP contribution in [-0.4, -0.2) is 22.3 Å². The molecule has 11 heavy (non-hydrogen) atoms. The summed E-state index contributed by atoms with van der Waals surface area (Å²) in [4.78, 5) is 9.59. The van der Waals surface area contributed by atoms with Crippen LogP contribution >= 0.6 is 0 Å². The number of nitrogens with zero attached hydrogens (tertiary/aromatic N) is 1. The molecule has 0 N–H and O–H groups in total. The summed E-state index contributed by atoms with van der Waals surface area (Å²) in [6, 6.07) is 7.93. The number of nitro groups is 1. The van der Waals surface area contributed by atoms with Crippen molar-refractivity contribution >= 4 is 23.0 Å². The van der Waals surface area contributed by atoms with E-state index in [-0.39, 0.29) is 35.5 Å². The van der Waals surface area contributed by atoms with Gasteiger partial charge in [0, 0.05) is 12.1 Å². The first-order valence-corrected chi connectivity index (χ1v) is 2.50. The first kappa shape index (κ1) is 13.1. The maximum Gasteiger partial charge on any atom is 3.00 e. The first-order chi connectivity index (χ1) is 4.30. The van der Waals surface area contributed by atoms with Crippen molar-refractivity contribution in [3.63, 3.8) is 0 Å². The van der Waals surface area contributed by atoms with Crippen LogP contribution in [0.4, 0.5) is 5.69 Å². The molecule has 1 aromatic rings. The minimum atomic E-state index is -0.417. The largest absolute Gasteiger partial charge is 3.00 e. The van der Waals surface area contributed by atoms with E-state index in [9.17, 15) is 10.1 Å². The molecule has 0 heterocycles. The molecule has 0 fully saturated rings. The van der Waals surface area contributed by atoms with E-state index in [0.717, 1.165) is 0 Å². The summed E-state index contributed by atoms with van der Waals surface area (Å²) in [5, 5.41) is 10.0. The van der Waals surface area contributed by atoms with Crippen LogP contribution in [0.1, 0.15) is 0 Å². The van der Waals surface area contributed by atoms with E-state index in [0.29, 0.717) is 0 Å². The van der Waals surface area contributed by atoms with Gasteiger partial charge in [-0.05, 0) is 0 Å². The van der Waals surface area contributed by atoms with Gasteiger partial charge >= 0.3 is 17.4 Å². The molecule has 0 aliphatic carbocycles. The van der Waals surface area contributed by atoms with E-state index in [2.05, 4.69) is 0 Å². The summed E-state index contributed by atoms with van der Waals surface area (Å²) in [5.74, 6) is 0. The molecular formula is C6H5AlClNO2+2. The van der Waals surface area contributed by atoms with E-state index in [1.165, 1.54) is 12.1 Å². The van der Waals surface area contributed by atoms with Crippen LogP contribution in [0.15, 0.2) is 30.3 Å². The predicted molar refractivity (Wildman–Crippen MR) is 38.9 cm³/mol. The first-order valence-electron chi connectivity index (χ1n) is 2.50. The molecule has 0 saturated heterocycles. The molecule has 1 aromatic carbocycles. The summed E-state index contributed by atoms with van der Waals surface area (Å²) < 4.78 is 0. The Kier molecular flexibility index (Phi) is 7.33. The molecular weight excluding hydrogens is 181 g/mol. The molecule has 0 aliphatic rings. The van der Waals surface area contributed by atoms with Crippen molar-refractivity contribution in [1.29, 1.82) is 0 Å². The maximum atomic E-state index is 10.0. The fourth-order valence-electron chi connectivity index (χ4n) is 0.550. The van der Waals surface area contributed by atoms with Crippen molar-refractivity contribution in [1.82, 2.24) is 0 Å². The average Bonchev–Trinajstić information content (AvgIpc) is 1.90. The Balaban J connectivity index is 0. The van der Waals surface area contributed by atoms with Gasteiger partial charge in [-0.1, -0.05) is 18.2 Å². The third-order valence-electron chi connectivity index (χ3n) is 0.967. The van der Waals surface area contributed by atoms with Crippen LogP contribution in [-0.2, 0) is 0 Å². The summed E-state index contributed by atoms with van der Waals surface area (Å²) in [5.41, 5.74) is 0.137. The van der Waals surface area contributed by atoms with Gasteiger partial charge in [0.05, 0.1) is 4.92 Å². The molecule has 0 amide bonds. The van der Waals surface area contributed by atoms with Gasteiger partial charge in [-0.25, -0.2) is 0 Å². The molecule has 5 heteroatoms. The minimum absolute atomic E-state index is 0. The third kappa shape index (κ3) is 3.99. The van der Waals surface area contributed by atoms with Gasteiger partial charge in [-0.15, -0.1) is 0 Å². The SMILES string of the molecule is O=[N+]([O-])c1ccccc1.[Al+3].[Cl-]. The van der Waals surface area contributed by atoms with Gasteiger partial charge in [-0.3, -0.25) is 10.1 Å². The van der Waals surface area contributed by atoms with Gasteiger partial charge in [-0.2, -0.15) is 0 Å². The van der Waals surface area contributed by atoms with Crippen molar-refractivity contribution in [3.05, 3.63) is 40.4 Å². The van der Waals surface area contributed by atoms with E-state index < -0.39 is 4.92 Å². The van der Waals surface area contributed by atoms with Gasteiger partial charge in [0.1, 0.15) is 0 Å². The smallest absolute Gasteiger partial charge is 1.00 e. The molecule has 1 rings (SSSR count). The van der Waals surface area contributed by atoms with E-state index in [1.807, 2.05) is 0 Å². The summed E-state index contributed by atoms with van der Waals surface area (Å²) in [6.45, 7) is 0. The van der Waals surface area contributed by atoms with Crippen LogP contribution in [0.25, 0.3) is 0 Å². The number of rotatable bonds is 1. The normalized spacial score (nSPS) is 7.27. The molecule has 54 valence electrons. The van der Waals surface area contributed by atoms with Crippen LogP contribution in [0.2, 0.25) is 0 Å². The second-order valence-electron chi connectivity index (χ2n) is 1.59. The number of benzene rings is 1. The second kappa shape index (κ2) is 6.17. The zero-order valence-corrected chi connectivity index (χ0v) is 7.52. The predicted octanol–water partition coefficient (Wildman–Crippen LogP) is -1.78. The zero-order chi connectivity index (χ0) is 6.69. The van der Waals surface area contributed by atoms with E-state index >= 15 is 0 Å². The number of nitro benzene ring substituents is 1. The molecule has 0 aromatic heterocycles. The number of non-ortho nitro benzene ring substituents is 1. The number of hydrogen-bond donors (Lipinski definition) is 0. The third-order valence-corrected chi connectivity index (χ3v) is 0.967. The van der Waals surface area contributed by atoms with Crippen molar-refractivity contribution in [2.75, 3.05) is 0 Å². The van der Waals surface area contributed by atoms with Crippen molar-refractivity contribution in [2.24, 2.45) is 0 Å². The van der Waals surface area contributed by atoms with Gasteiger partial charge in [0.2, 0.25) is 0 Å². The fraction of sp³-hybridized carbons (Fsp3) is 0. The maximum absolute atomic E-state index is 10.0. The molecule has 0 atom stereocenters. The molecule has 0 bridgehead atoms. The topological polar surface area (TPSA) is 43.1 Å². The molecule has 3 nitrogen and oxygen atoms in total. The average molecular weight is 186 g/mol. The van der Waals surface area contributed by atoms with E-state index in [1.54, 1.807) is 18.2 Å². The Bertz CT molecular complexity index is 217. The van der Waals surface area contributed by atoms with Crippen LogP contribution in [0.5, 0.6) is 0 Å². The molecule has 0 aliphatic heterocycles. The van der Waals surface area contributed by atoms with Crippen molar-refractivity contribution in [3.8, 4) is 0 Å². The Morgan fingerprint density at radius 2 is 1.64 bits per heavy atom. The molecule has 0 radical (unpaired) electrons. The van der Waals surface area contributed by atoms with Crippen molar-refractivity contribution in [2.45, 2.75) is 0 Å². The van der Waals surface area contributed by atoms with Crippen LogP contribution in [0, 0.1) is 10.1 Å². The van der Waals surface area contributed by atoms with Crippen LogP contribution in [0.3, 0.4) is 0 Å². The van der Waals surface area contributed by atoms with E-state index in [4.69, 9.17) is 0 Å². The monoisotopic (exact) mass is 185 g/mol. The molecule has 0 spiro atoms. The Hall–Kier alpha value is -0.558.